The highest BCUT2D eigenvalue weighted by atomic mass is 16.5. The fourth-order valence-electron chi connectivity index (χ4n) is 2.87. The van der Waals surface area contributed by atoms with Crippen LogP contribution in [0.4, 0.5) is 5.69 Å². The zero-order valence-corrected chi connectivity index (χ0v) is 11.3. The van der Waals surface area contributed by atoms with Gasteiger partial charge >= 0.3 is 0 Å². The smallest absolute Gasteiger partial charge is 0.258 e. The van der Waals surface area contributed by atoms with Crippen molar-refractivity contribution < 1.29 is 9.26 Å². The average Bonchev–Trinajstić information content (AvgIpc) is 3.17. The summed E-state index contributed by atoms with van der Waals surface area (Å²) in [6, 6.07) is 6.28. The van der Waals surface area contributed by atoms with E-state index in [4.69, 9.17) is 9.26 Å². The molecule has 0 amide bonds. The lowest BCUT2D eigenvalue weighted by Gasteiger charge is -2.17. The van der Waals surface area contributed by atoms with Crippen molar-refractivity contribution in [3.63, 3.8) is 0 Å². The van der Waals surface area contributed by atoms with Crippen molar-refractivity contribution in [3.8, 4) is 11.5 Å². The van der Waals surface area contributed by atoms with Gasteiger partial charge in [0.2, 0.25) is 5.82 Å². The van der Waals surface area contributed by atoms with Crippen LogP contribution in [0.3, 0.4) is 0 Å². The van der Waals surface area contributed by atoms with Gasteiger partial charge in [-0.3, -0.25) is 0 Å². The van der Waals surface area contributed by atoms with Gasteiger partial charge in [0.05, 0.1) is 0 Å². The molecule has 1 aromatic heterocycles. The second-order valence-corrected chi connectivity index (χ2v) is 5.36. The summed E-state index contributed by atoms with van der Waals surface area (Å²) in [5.41, 5.74) is 3.54. The molecule has 20 heavy (non-hydrogen) atoms. The number of fused-ring (bicyclic) bond motifs is 1. The molecule has 1 unspecified atom stereocenters. The number of ether oxygens (including phenoxy) is 1. The number of hydrogen-bond acceptors (Lipinski definition) is 5. The summed E-state index contributed by atoms with van der Waals surface area (Å²) < 4.78 is 11.0. The van der Waals surface area contributed by atoms with Crippen LogP contribution in [0.2, 0.25) is 0 Å². The Morgan fingerprint density at radius 2 is 2.25 bits per heavy atom. The maximum Gasteiger partial charge on any atom is 0.258 e. The molecule has 1 fully saturated rings. The highest BCUT2D eigenvalue weighted by molar-refractivity contribution is 5.63. The summed E-state index contributed by atoms with van der Waals surface area (Å²) in [4.78, 5) is 4.49. The van der Waals surface area contributed by atoms with Crippen LogP contribution in [0.25, 0.3) is 11.5 Å². The molecule has 3 heterocycles. The molecule has 1 atom stereocenters. The number of anilines is 1. The van der Waals surface area contributed by atoms with Gasteiger partial charge in [0.15, 0.2) is 0 Å². The Balaban J connectivity index is 1.63. The Kier molecular flexibility index (Phi) is 2.92. The first-order valence-electron chi connectivity index (χ1n) is 7.22. The molecule has 5 nitrogen and oxygen atoms in total. The second-order valence-electron chi connectivity index (χ2n) is 5.36. The SMILES string of the molecule is c1cc2c(cc1-c1nc(C3CCCO3)no1)CCCN2. The van der Waals surface area contributed by atoms with Gasteiger partial charge in [-0.2, -0.15) is 4.98 Å². The lowest BCUT2D eigenvalue weighted by Crippen LogP contribution is -2.11. The van der Waals surface area contributed by atoms with Crippen LogP contribution in [0, 0.1) is 0 Å². The van der Waals surface area contributed by atoms with Crippen molar-refractivity contribution in [1.82, 2.24) is 10.1 Å². The van der Waals surface area contributed by atoms with Gasteiger partial charge < -0.3 is 14.6 Å². The molecule has 0 bridgehead atoms. The minimum absolute atomic E-state index is 0.00629. The number of aromatic nitrogens is 2. The zero-order chi connectivity index (χ0) is 13.4. The molecule has 104 valence electrons. The maximum absolute atomic E-state index is 5.58. The highest BCUT2D eigenvalue weighted by Gasteiger charge is 2.23. The molecule has 2 aliphatic heterocycles. The predicted octanol–water partition coefficient (Wildman–Crippen LogP) is 2.95. The van der Waals surface area contributed by atoms with Crippen LogP contribution in [-0.4, -0.2) is 23.3 Å². The Morgan fingerprint density at radius 3 is 3.15 bits per heavy atom. The van der Waals surface area contributed by atoms with Crippen LogP contribution in [-0.2, 0) is 11.2 Å². The fraction of sp³-hybridized carbons (Fsp3) is 0.467. The van der Waals surface area contributed by atoms with E-state index < -0.39 is 0 Å². The van der Waals surface area contributed by atoms with Crippen LogP contribution in [0.15, 0.2) is 22.7 Å². The molecule has 0 spiro atoms. The lowest BCUT2D eigenvalue weighted by molar-refractivity contribution is 0.103. The largest absolute Gasteiger partial charge is 0.385 e. The quantitative estimate of drug-likeness (QED) is 0.910. The lowest BCUT2D eigenvalue weighted by atomic mass is 10.0. The van der Waals surface area contributed by atoms with Gasteiger partial charge in [-0.15, -0.1) is 0 Å². The molecule has 0 radical (unpaired) electrons. The summed E-state index contributed by atoms with van der Waals surface area (Å²) in [6.45, 7) is 1.84. The van der Waals surface area contributed by atoms with Crippen molar-refractivity contribution >= 4 is 5.69 Å². The van der Waals surface area contributed by atoms with Gasteiger partial charge in [0.25, 0.3) is 5.89 Å². The average molecular weight is 271 g/mol. The number of benzene rings is 1. The summed E-state index contributed by atoms with van der Waals surface area (Å²) in [5, 5.41) is 7.46. The topological polar surface area (TPSA) is 60.2 Å². The van der Waals surface area contributed by atoms with E-state index in [1.807, 2.05) is 6.07 Å². The van der Waals surface area contributed by atoms with Gasteiger partial charge in [0, 0.05) is 24.4 Å². The summed E-state index contributed by atoms with van der Waals surface area (Å²) in [6.07, 6.45) is 4.32. The van der Waals surface area contributed by atoms with Gasteiger partial charge in [0.1, 0.15) is 6.10 Å². The highest BCUT2D eigenvalue weighted by Crippen LogP contribution is 2.30. The third kappa shape index (κ3) is 2.08. The van der Waals surface area contributed by atoms with E-state index in [1.54, 1.807) is 0 Å². The van der Waals surface area contributed by atoms with E-state index in [0.29, 0.717) is 11.7 Å². The Hall–Kier alpha value is -1.88. The number of nitrogens with one attached hydrogen (secondary N) is 1. The number of nitrogens with zero attached hydrogens (tertiary/aromatic N) is 2. The molecule has 1 aromatic carbocycles. The summed E-state index contributed by atoms with van der Waals surface area (Å²) in [5.74, 6) is 1.26. The van der Waals surface area contributed by atoms with E-state index in [0.717, 1.165) is 38.0 Å². The molecular formula is C15H17N3O2. The third-order valence-corrected chi connectivity index (χ3v) is 3.95. The van der Waals surface area contributed by atoms with Crippen LogP contribution < -0.4 is 5.32 Å². The Labute approximate surface area is 117 Å². The van der Waals surface area contributed by atoms with Gasteiger partial charge in [-0.25, -0.2) is 0 Å². The Morgan fingerprint density at radius 1 is 1.25 bits per heavy atom. The molecule has 2 aliphatic rings. The van der Waals surface area contributed by atoms with E-state index in [-0.39, 0.29) is 6.10 Å². The van der Waals surface area contributed by atoms with Crippen LogP contribution >= 0.6 is 0 Å². The van der Waals surface area contributed by atoms with Crippen molar-refractivity contribution in [2.45, 2.75) is 31.8 Å². The molecule has 1 N–H and O–H groups in total. The first-order chi connectivity index (χ1) is 9.90. The van der Waals surface area contributed by atoms with Gasteiger partial charge in [-0.1, -0.05) is 5.16 Å². The van der Waals surface area contributed by atoms with E-state index in [2.05, 4.69) is 27.6 Å². The molecule has 0 aliphatic carbocycles. The minimum atomic E-state index is 0.00629. The van der Waals surface area contributed by atoms with Crippen molar-refractivity contribution in [2.24, 2.45) is 0 Å². The number of aryl methyl sites for hydroxylation is 1. The monoisotopic (exact) mass is 271 g/mol. The van der Waals surface area contributed by atoms with Crippen LogP contribution in [0.5, 0.6) is 0 Å². The summed E-state index contributed by atoms with van der Waals surface area (Å²) in [7, 11) is 0. The van der Waals surface area contributed by atoms with E-state index >= 15 is 0 Å². The predicted molar refractivity (Wildman–Crippen MR) is 74.5 cm³/mol. The second kappa shape index (κ2) is 4.90. The number of hydrogen-bond donors (Lipinski definition) is 1. The molecule has 1 saturated heterocycles. The van der Waals surface area contributed by atoms with E-state index in [1.165, 1.54) is 17.7 Å². The van der Waals surface area contributed by atoms with Gasteiger partial charge in [-0.05, 0) is 49.4 Å². The number of rotatable bonds is 2. The molecule has 4 rings (SSSR count). The maximum atomic E-state index is 5.58. The van der Waals surface area contributed by atoms with Crippen molar-refractivity contribution in [1.29, 1.82) is 0 Å². The fourth-order valence-corrected chi connectivity index (χ4v) is 2.87. The first kappa shape index (κ1) is 11.9. The zero-order valence-electron chi connectivity index (χ0n) is 11.3. The first-order valence-corrected chi connectivity index (χ1v) is 7.22. The molecule has 0 saturated carbocycles. The molecular weight excluding hydrogens is 254 g/mol. The molecule has 5 heteroatoms. The summed E-state index contributed by atoms with van der Waals surface area (Å²) >= 11 is 0. The van der Waals surface area contributed by atoms with E-state index in [9.17, 15) is 0 Å². The normalized spacial score (nSPS) is 21.5. The third-order valence-electron chi connectivity index (χ3n) is 3.95. The van der Waals surface area contributed by atoms with Crippen LogP contribution in [0.1, 0.15) is 36.8 Å². The van der Waals surface area contributed by atoms with Crippen molar-refractivity contribution in [3.05, 3.63) is 29.6 Å². The minimum Gasteiger partial charge on any atom is -0.385 e. The Bertz CT molecular complexity index is 617. The van der Waals surface area contributed by atoms with Crippen molar-refractivity contribution in [2.75, 3.05) is 18.5 Å². The molecule has 2 aromatic rings. The standard InChI is InChI=1S/C15H17N3O2/c1-3-10-9-11(5-6-12(10)16-7-1)15-17-14(18-20-15)13-4-2-8-19-13/h5-6,9,13,16H,1-4,7-8H2.